The highest BCUT2D eigenvalue weighted by Crippen LogP contribution is 2.21. The molecule has 0 saturated carbocycles. The van der Waals surface area contributed by atoms with E-state index in [1.54, 1.807) is 0 Å². The fourth-order valence-corrected chi connectivity index (χ4v) is 2.60. The number of nitrogens with one attached hydrogen (secondary N) is 1. The van der Waals surface area contributed by atoms with Crippen LogP contribution in [0.4, 0.5) is 18.9 Å². The van der Waals surface area contributed by atoms with E-state index < -0.39 is 32.4 Å². The van der Waals surface area contributed by atoms with E-state index >= 15 is 0 Å². The standard InChI is InChI=1S/C15H14F3NO3S/c16-11-3-1-10(2-4-11)14(20)9-19-12-5-7-13(8-6-12)23(21,22)15(17)18/h1-8,14-15,19-20H,9H2. The highest BCUT2D eigenvalue weighted by molar-refractivity contribution is 7.91. The second-order valence-electron chi connectivity index (χ2n) is 4.78. The number of hydrogen-bond donors (Lipinski definition) is 2. The van der Waals surface area contributed by atoms with E-state index in [2.05, 4.69) is 5.32 Å². The molecule has 1 unspecified atom stereocenters. The fraction of sp³-hybridized carbons (Fsp3) is 0.200. The zero-order valence-corrected chi connectivity index (χ0v) is 12.6. The van der Waals surface area contributed by atoms with Crippen LogP contribution in [0.5, 0.6) is 0 Å². The van der Waals surface area contributed by atoms with Gasteiger partial charge in [-0.25, -0.2) is 12.8 Å². The van der Waals surface area contributed by atoms with Crippen molar-refractivity contribution in [3.05, 3.63) is 59.9 Å². The highest BCUT2D eigenvalue weighted by Gasteiger charge is 2.26. The van der Waals surface area contributed by atoms with Crippen LogP contribution in [0.2, 0.25) is 0 Å². The molecule has 2 aromatic rings. The molecule has 124 valence electrons. The Bertz CT molecular complexity index is 747. The molecule has 0 radical (unpaired) electrons. The topological polar surface area (TPSA) is 66.4 Å². The predicted molar refractivity (Wildman–Crippen MR) is 79.5 cm³/mol. The van der Waals surface area contributed by atoms with Crippen LogP contribution in [0.3, 0.4) is 0 Å². The average molecular weight is 345 g/mol. The van der Waals surface area contributed by atoms with Gasteiger partial charge in [0, 0.05) is 12.2 Å². The monoisotopic (exact) mass is 345 g/mol. The van der Waals surface area contributed by atoms with Crippen molar-refractivity contribution in [2.75, 3.05) is 11.9 Å². The maximum atomic E-state index is 12.8. The van der Waals surface area contributed by atoms with Gasteiger partial charge < -0.3 is 10.4 Å². The molecule has 0 aliphatic rings. The minimum atomic E-state index is -4.62. The first-order valence-corrected chi connectivity index (χ1v) is 8.15. The van der Waals surface area contributed by atoms with Crippen molar-refractivity contribution in [3.8, 4) is 0 Å². The van der Waals surface area contributed by atoms with E-state index in [4.69, 9.17) is 0 Å². The molecule has 2 aromatic carbocycles. The second kappa shape index (κ2) is 7.01. The summed E-state index contributed by atoms with van der Waals surface area (Å²) in [7, 11) is -4.62. The third-order valence-electron chi connectivity index (χ3n) is 3.17. The summed E-state index contributed by atoms with van der Waals surface area (Å²) in [6.07, 6.45) is -0.903. The number of hydrogen-bond acceptors (Lipinski definition) is 4. The molecule has 8 heteroatoms. The summed E-state index contributed by atoms with van der Waals surface area (Å²) in [5.41, 5.74) is 0.968. The van der Waals surface area contributed by atoms with Crippen LogP contribution >= 0.6 is 0 Å². The fourth-order valence-electron chi connectivity index (χ4n) is 1.88. The Kier molecular flexibility index (Phi) is 5.27. The first kappa shape index (κ1) is 17.3. The zero-order valence-electron chi connectivity index (χ0n) is 11.8. The summed E-state index contributed by atoms with van der Waals surface area (Å²) in [6.45, 7) is 0.0899. The number of alkyl halides is 2. The molecule has 4 nitrogen and oxygen atoms in total. The van der Waals surface area contributed by atoms with Crippen LogP contribution in [-0.2, 0) is 9.84 Å². The lowest BCUT2D eigenvalue weighted by Crippen LogP contribution is -2.13. The number of rotatable bonds is 6. The van der Waals surface area contributed by atoms with Crippen molar-refractivity contribution in [1.82, 2.24) is 0 Å². The molecule has 2 N–H and O–H groups in total. The van der Waals surface area contributed by atoms with Crippen LogP contribution in [0, 0.1) is 5.82 Å². The summed E-state index contributed by atoms with van der Waals surface area (Å²) in [4.78, 5) is -0.475. The Balaban J connectivity index is 2.00. The van der Waals surface area contributed by atoms with E-state index in [1.165, 1.54) is 36.4 Å². The van der Waals surface area contributed by atoms with Gasteiger partial charge in [0.05, 0.1) is 11.0 Å². The molecule has 0 aliphatic heterocycles. The Morgan fingerprint density at radius 3 is 2.09 bits per heavy atom. The average Bonchev–Trinajstić information content (AvgIpc) is 2.53. The Hall–Kier alpha value is -2.06. The van der Waals surface area contributed by atoms with Crippen molar-refractivity contribution in [3.63, 3.8) is 0 Å². The number of aliphatic hydroxyl groups is 1. The Labute approximate surface area is 131 Å². The number of benzene rings is 2. The van der Waals surface area contributed by atoms with E-state index in [1.807, 2.05) is 0 Å². The largest absolute Gasteiger partial charge is 0.387 e. The molecule has 0 aliphatic carbocycles. The first-order valence-electron chi connectivity index (χ1n) is 6.60. The van der Waals surface area contributed by atoms with Crippen LogP contribution in [0.1, 0.15) is 11.7 Å². The number of anilines is 1. The summed E-state index contributed by atoms with van der Waals surface area (Å²) >= 11 is 0. The van der Waals surface area contributed by atoms with Gasteiger partial charge in [-0.05, 0) is 42.0 Å². The second-order valence-corrected chi connectivity index (χ2v) is 6.70. The minimum absolute atomic E-state index is 0.0899. The van der Waals surface area contributed by atoms with Gasteiger partial charge in [-0.15, -0.1) is 0 Å². The number of aliphatic hydroxyl groups excluding tert-OH is 1. The Morgan fingerprint density at radius 1 is 1.00 bits per heavy atom. The maximum absolute atomic E-state index is 12.8. The zero-order chi connectivity index (χ0) is 17.0. The lowest BCUT2D eigenvalue weighted by atomic mass is 10.1. The summed E-state index contributed by atoms with van der Waals surface area (Å²) < 4.78 is 60.2. The normalized spacial score (nSPS) is 13.1. The smallest absolute Gasteiger partial charge is 0.341 e. The van der Waals surface area contributed by atoms with Gasteiger partial charge in [0.2, 0.25) is 9.84 Å². The third-order valence-corrected chi connectivity index (χ3v) is 4.57. The summed E-state index contributed by atoms with van der Waals surface area (Å²) in [5.74, 6) is -3.88. The summed E-state index contributed by atoms with van der Waals surface area (Å²) in [6, 6.07) is 10.1. The van der Waals surface area contributed by atoms with Crippen LogP contribution < -0.4 is 5.32 Å². The molecule has 23 heavy (non-hydrogen) atoms. The molecule has 0 spiro atoms. The van der Waals surface area contributed by atoms with Crippen LogP contribution in [0.25, 0.3) is 0 Å². The minimum Gasteiger partial charge on any atom is -0.387 e. The van der Waals surface area contributed by atoms with Crippen molar-refractivity contribution in [1.29, 1.82) is 0 Å². The lowest BCUT2D eigenvalue weighted by molar-refractivity contribution is 0.191. The molecular formula is C15H14F3NO3S. The molecule has 0 amide bonds. The predicted octanol–water partition coefficient (Wildman–Crippen LogP) is 2.97. The molecule has 0 bridgehead atoms. The molecule has 0 fully saturated rings. The quantitative estimate of drug-likeness (QED) is 0.845. The molecule has 0 saturated heterocycles. The van der Waals surface area contributed by atoms with Crippen molar-refractivity contribution >= 4 is 15.5 Å². The van der Waals surface area contributed by atoms with Gasteiger partial charge in [-0.2, -0.15) is 8.78 Å². The van der Waals surface area contributed by atoms with E-state index in [-0.39, 0.29) is 6.54 Å². The Morgan fingerprint density at radius 2 is 1.57 bits per heavy atom. The first-order chi connectivity index (χ1) is 10.8. The van der Waals surface area contributed by atoms with Crippen molar-refractivity contribution < 1.29 is 26.7 Å². The molecule has 2 rings (SSSR count). The molecule has 0 heterocycles. The summed E-state index contributed by atoms with van der Waals surface area (Å²) in [5, 5.41) is 12.8. The van der Waals surface area contributed by atoms with Gasteiger partial charge in [0.25, 0.3) is 0 Å². The van der Waals surface area contributed by atoms with E-state index in [9.17, 15) is 26.7 Å². The highest BCUT2D eigenvalue weighted by atomic mass is 32.2. The van der Waals surface area contributed by atoms with Crippen molar-refractivity contribution in [2.24, 2.45) is 0 Å². The van der Waals surface area contributed by atoms with Crippen molar-refractivity contribution in [2.45, 2.75) is 16.8 Å². The van der Waals surface area contributed by atoms with E-state index in [0.717, 1.165) is 12.1 Å². The number of halogens is 3. The van der Waals surface area contributed by atoms with Crippen LogP contribution in [-0.4, -0.2) is 25.8 Å². The maximum Gasteiger partial charge on any atom is 0.341 e. The molecule has 1 atom stereocenters. The van der Waals surface area contributed by atoms with Gasteiger partial charge in [0.1, 0.15) is 5.82 Å². The number of sulfone groups is 1. The SMILES string of the molecule is O=S(=O)(c1ccc(NCC(O)c2ccc(F)cc2)cc1)C(F)F. The van der Waals surface area contributed by atoms with Gasteiger partial charge >= 0.3 is 5.76 Å². The molecular weight excluding hydrogens is 331 g/mol. The van der Waals surface area contributed by atoms with Gasteiger partial charge in [-0.1, -0.05) is 12.1 Å². The van der Waals surface area contributed by atoms with Crippen LogP contribution in [0.15, 0.2) is 53.4 Å². The lowest BCUT2D eigenvalue weighted by Gasteiger charge is -2.13. The third kappa shape index (κ3) is 4.23. The van der Waals surface area contributed by atoms with E-state index in [0.29, 0.717) is 11.3 Å². The van der Waals surface area contributed by atoms with Gasteiger partial charge in [-0.3, -0.25) is 0 Å². The van der Waals surface area contributed by atoms with Gasteiger partial charge in [0.15, 0.2) is 0 Å². The molecule has 0 aromatic heterocycles.